The van der Waals surface area contributed by atoms with Crippen molar-refractivity contribution < 1.29 is 9.53 Å². The van der Waals surface area contributed by atoms with Gasteiger partial charge in [-0.15, -0.1) is 0 Å². The van der Waals surface area contributed by atoms with E-state index in [0.717, 1.165) is 29.7 Å². The molecule has 0 fully saturated rings. The number of benzene rings is 2. The molecule has 0 aliphatic heterocycles. The monoisotopic (exact) mass is 470 g/mol. The molecule has 0 radical (unpaired) electrons. The van der Waals surface area contributed by atoms with Crippen LogP contribution in [0.2, 0.25) is 5.02 Å². The number of hydrazone groups is 1. The van der Waals surface area contributed by atoms with Gasteiger partial charge in [0, 0.05) is 11.4 Å². The maximum Gasteiger partial charge on any atom is 0.240 e. The maximum absolute atomic E-state index is 11.9. The number of nitrogens with one attached hydrogen (secondary N) is 1. The van der Waals surface area contributed by atoms with Crippen LogP contribution in [0.25, 0.3) is 0 Å². The van der Waals surface area contributed by atoms with Gasteiger partial charge in [0.2, 0.25) is 5.91 Å². The van der Waals surface area contributed by atoms with Crippen molar-refractivity contribution in [3.63, 3.8) is 0 Å². The molecule has 0 atom stereocenters. The standard InChI is InChI=1S/C28H39ClN2O2/c1-2-3-4-5-6-7-8-9-10-11-12-13-28(32)31-30-22-24-16-20-27(21-17-24)33-23-25-14-18-26(29)19-15-25/h14-22H,2-13,23H2,1H3,(H,31,32)/b30-22-. The normalized spacial score (nSPS) is 11.1. The van der Waals surface area contributed by atoms with E-state index < -0.39 is 0 Å². The molecule has 0 saturated heterocycles. The molecular formula is C28H39ClN2O2. The molecule has 4 nitrogen and oxygen atoms in total. The number of halogens is 1. The van der Waals surface area contributed by atoms with E-state index in [1.807, 2.05) is 48.5 Å². The first-order valence-corrected chi connectivity index (χ1v) is 12.8. The molecule has 2 aromatic rings. The van der Waals surface area contributed by atoms with Gasteiger partial charge in [0.25, 0.3) is 0 Å². The van der Waals surface area contributed by atoms with E-state index in [9.17, 15) is 4.79 Å². The Hall–Kier alpha value is -2.33. The number of hydrogen-bond donors (Lipinski definition) is 1. The Morgan fingerprint density at radius 1 is 0.848 bits per heavy atom. The van der Waals surface area contributed by atoms with Crippen LogP contribution >= 0.6 is 11.6 Å². The van der Waals surface area contributed by atoms with Gasteiger partial charge in [0.1, 0.15) is 12.4 Å². The van der Waals surface area contributed by atoms with Gasteiger partial charge < -0.3 is 4.74 Å². The van der Waals surface area contributed by atoms with E-state index in [4.69, 9.17) is 16.3 Å². The predicted molar refractivity (Wildman–Crippen MR) is 139 cm³/mol. The number of nitrogens with zero attached hydrogens (tertiary/aromatic N) is 1. The molecule has 0 spiro atoms. The van der Waals surface area contributed by atoms with Crippen molar-refractivity contribution in [2.45, 2.75) is 90.6 Å². The van der Waals surface area contributed by atoms with Crippen LogP contribution in [0.3, 0.4) is 0 Å². The van der Waals surface area contributed by atoms with Gasteiger partial charge in [-0.05, 0) is 53.9 Å². The van der Waals surface area contributed by atoms with Crippen LogP contribution in [0.1, 0.15) is 95.1 Å². The van der Waals surface area contributed by atoms with Crippen molar-refractivity contribution in [1.29, 1.82) is 0 Å². The number of amides is 1. The lowest BCUT2D eigenvalue weighted by Crippen LogP contribution is -2.16. The molecule has 0 saturated carbocycles. The second-order valence-corrected chi connectivity index (χ2v) is 9.00. The molecule has 0 unspecified atom stereocenters. The Morgan fingerprint density at radius 3 is 2.03 bits per heavy atom. The Morgan fingerprint density at radius 2 is 1.42 bits per heavy atom. The predicted octanol–water partition coefficient (Wildman–Crippen LogP) is 8.07. The van der Waals surface area contributed by atoms with Crippen molar-refractivity contribution in [1.82, 2.24) is 5.43 Å². The summed E-state index contributed by atoms with van der Waals surface area (Å²) in [5.41, 5.74) is 4.59. The average Bonchev–Trinajstić information content (AvgIpc) is 2.83. The molecule has 1 N–H and O–H groups in total. The van der Waals surface area contributed by atoms with Crippen LogP contribution in [-0.2, 0) is 11.4 Å². The van der Waals surface area contributed by atoms with E-state index in [-0.39, 0.29) is 5.91 Å². The largest absolute Gasteiger partial charge is 0.489 e. The second-order valence-electron chi connectivity index (χ2n) is 8.56. The summed E-state index contributed by atoms with van der Waals surface area (Å²) in [7, 11) is 0. The second kappa shape index (κ2) is 17.2. The molecule has 0 heterocycles. The Kier molecular flexibility index (Phi) is 14.0. The molecule has 0 aliphatic rings. The summed E-state index contributed by atoms with van der Waals surface area (Å²) >= 11 is 5.90. The lowest BCUT2D eigenvalue weighted by atomic mass is 10.1. The van der Waals surface area contributed by atoms with E-state index in [0.29, 0.717) is 18.1 Å². The zero-order valence-electron chi connectivity index (χ0n) is 20.0. The summed E-state index contributed by atoms with van der Waals surface area (Å²) in [6, 6.07) is 15.2. The molecule has 2 aromatic carbocycles. The SMILES string of the molecule is CCCCCCCCCCCCCC(=O)N/N=C\c1ccc(OCc2ccc(Cl)cc2)cc1. The van der Waals surface area contributed by atoms with Crippen molar-refractivity contribution in [2.24, 2.45) is 5.10 Å². The number of rotatable bonds is 17. The lowest BCUT2D eigenvalue weighted by Gasteiger charge is -2.06. The summed E-state index contributed by atoms with van der Waals surface area (Å²) in [6.07, 6.45) is 16.3. The van der Waals surface area contributed by atoms with Gasteiger partial charge in [-0.2, -0.15) is 5.10 Å². The number of unbranched alkanes of at least 4 members (excludes halogenated alkanes) is 10. The molecule has 33 heavy (non-hydrogen) atoms. The quantitative estimate of drug-likeness (QED) is 0.144. The zero-order chi connectivity index (χ0) is 23.6. The fourth-order valence-corrected chi connectivity index (χ4v) is 3.71. The maximum atomic E-state index is 11.9. The number of carbonyl (C=O) groups is 1. The zero-order valence-corrected chi connectivity index (χ0v) is 20.8. The molecule has 0 aromatic heterocycles. The molecule has 0 aliphatic carbocycles. The fourth-order valence-electron chi connectivity index (χ4n) is 3.58. The number of ether oxygens (including phenoxy) is 1. The Bertz CT molecular complexity index is 804. The third kappa shape index (κ3) is 13.1. The highest BCUT2D eigenvalue weighted by Gasteiger charge is 2.00. The highest BCUT2D eigenvalue weighted by Crippen LogP contribution is 2.15. The molecule has 0 bridgehead atoms. The van der Waals surface area contributed by atoms with Gasteiger partial charge >= 0.3 is 0 Å². The van der Waals surface area contributed by atoms with Gasteiger partial charge in [-0.25, -0.2) is 5.43 Å². The summed E-state index contributed by atoms with van der Waals surface area (Å²) in [6.45, 7) is 2.74. The summed E-state index contributed by atoms with van der Waals surface area (Å²) in [5.74, 6) is 0.757. The molecule has 2 rings (SSSR count). The topological polar surface area (TPSA) is 50.7 Å². The van der Waals surface area contributed by atoms with Gasteiger partial charge in [0.05, 0.1) is 6.21 Å². The minimum atomic E-state index is -0.0231. The van der Waals surface area contributed by atoms with Crippen LogP contribution in [0.5, 0.6) is 5.75 Å². The van der Waals surface area contributed by atoms with Crippen LogP contribution < -0.4 is 10.2 Å². The van der Waals surface area contributed by atoms with Crippen LogP contribution in [0, 0.1) is 0 Å². The third-order valence-electron chi connectivity index (χ3n) is 5.61. The molecule has 5 heteroatoms. The minimum absolute atomic E-state index is 0.0231. The van der Waals surface area contributed by atoms with Crippen molar-refractivity contribution in [3.8, 4) is 5.75 Å². The number of hydrogen-bond acceptors (Lipinski definition) is 3. The van der Waals surface area contributed by atoms with Gasteiger partial charge in [0.15, 0.2) is 0 Å². The van der Waals surface area contributed by atoms with Crippen LogP contribution in [0.15, 0.2) is 53.6 Å². The van der Waals surface area contributed by atoms with Crippen molar-refractivity contribution in [2.75, 3.05) is 0 Å². The average molecular weight is 471 g/mol. The van der Waals surface area contributed by atoms with E-state index in [1.54, 1.807) is 6.21 Å². The van der Waals surface area contributed by atoms with Gasteiger partial charge in [-0.3, -0.25) is 4.79 Å². The fraction of sp³-hybridized carbons (Fsp3) is 0.500. The van der Waals surface area contributed by atoms with Crippen molar-refractivity contribution in [3.05, 3.63) is 64.7 Å². The van der Waals surface area contributed by atoms with E-state index in [1.165, 1.54) is 57.8 Å². The van der Waals surface area contributed by atoms with E-state index in [2.05, 4.69) is 17.5 Å². The van der Waals surface area contributed by atoms with Gasteiger partial charge in [-0.1, -0.05) is 94.9 Å². The first-order valence-electron chi connectivity index (χ1n) is 12.5. The lowest BCUT2D eigenvalue weighted by molar-refractivity contribution is -0.121. The van der Waals surface area contributed by atoms with Crippen LogP contribution in [0.4, 0.5) is 0 Å². The Balaban J connectivity index is 1.51. The summed E-state index contributed by atoms with van der Waals surface area (Å²) in [4.78, 5) is 11.9. The number of carbonyl (C=O) groups excluding carboxylic acids is 1. The molecule has 1 amide bonds. The third-order valence-corrected chi connectivity index (χ3v) is 5.86. The molecular weight excluding hydrogens is 432 g/mol. The van der Waals surface area contributed by atoms with Crippen LogP contribution in [-0.4, -0.2) is 12.1 Å². The highest BCUT2D eigenvalue weighted by atomic mass is 35.5. The molecule has 180 valence electrons. The smallest absolute Gasteiger partial charge is 0.240 e. The first kappa shape index (κ1) is 26.9. The minimum Gasteiger partial charge on any atom is -0.489 e. The highest BCUT2D eigenvalue weighted by molar-refractivity contribution is 6.30. The summed E-state index contributed by atoms with van der Waals surface area (Å²) in [5, 5.41) is 4.78. The summed E-state index contributed by atoms with van der Waals surface area (Å²) < 4.78 is 5.78. The first-order chi connectivity index (χ1) is 16.2. The Labute approximate surface area is 204 Å². The van der Waals surface area contributed by atoms with Crippen molar-refractivity contribution >= 4 is 23.7 Å². The van der Waals surface area contributed by atoms with E-state index >= 15 is 0 Å².